The van der Waals surface area contributed by atoms with Gasteiger partial charge in [0.25, 0.3) is 0 Å². The van der Waals surface area contributed by atoms with Crippen molar-refractivity contribution in [3.05, 3.63) is 7.43 Å². The summed E-state index contributed by atoms with van der Waals surface area (Å²) in [6, 6.07) is 0. The molecule has 0 aromatic rings. The van der Waals surface area contributed by atoms with Gasteiger partial charge in [-0.05, 0) is 7.05 Å². The molecule has 0 unspecified atom stereocenters. The van der Waals surface area contributed by atoms with Crippen LogP contribution in [-0.4, -0.2) is 24.8 Å². The molecule has 0 aliphatic rings. The van der Waals surface area contributed by atoms with Gasteiger partial charge in [0.15, 0.2) is 4.30 Å². The van der Waals surface area contributed by atoms with Gasteiger partial charge in [-0.15, -0.1) is 0 Å². The minimum Gasteiger partial charge on any atom is -1.00 e. The van der Waals surface area contributed by atoms with Crippen LogP contribution in [0.1, 0.15) is 209 Å². The van der Waals surface area contributed by atoms with E-state index in [1.807, 2.05) is 0 Å². The fraction of sp³-hybridized carbons (Fsp3) is 0.829. The van der Waals surface area contributed by atoms with Crippen molar-refractivity contribution in [1.29, 1.82) is 31.6 Å². The maximum atomic E-state index is 7.83. The molecule has 0 bridgehead atoms. The van der Waals surface area contributed by atoms with E-state index in [2.05, 4.69) is 82.0 Å². The number of alkyl halides is 3. The van der Waals surface area contributed by atoms with Crippen LogP contribution >= 0.6 is 51.0 Å². The van der Waals surface area contributed by atoms with Gasteiger partial charge in [0.1, 0.15) is 0 Å². The van der Waals surface area contributed by atoms with Gasteiger partial charge in [-0.25, -0.2) is 31.6 Å². The first-order valence-corrected chi connectivity index (χ1v) is 22.4. The fourth-order valence-electron chi connectivity index (χ4n) is 3.59. The second kappa shape index (κ2) is 118. The second-order valence-electron chi connectivity index (χ2n) is 11.5. The number of hydrogen-bond acceptors (Lipinski definition) is 8. The van der Waals surface area contributed by atoms with Crippen LogP contribution in [0.3, 0.4) is 0 Å². The Morgan fingerprint density at radius 3 is 0.500 bits per heavy atom. The van der Waals surface area contributed by atoms with Crippen LogP contribution in [-0.2, 0) is 0 Å². The Bertz CT molecular complexity index is 686. The first-order valence-electron chi connectivity index (χ1n) is 20.2. The third-order valence-corrected chi connectivity index (χ3v) is 6.60. The number of nitrogens with zero attached hydrogens (tertiary/aromatic N) is 6. The number of rotatable bonds is 20. The summed E-state index contributed by atoms with van der Waals surface area (Å²) in [5.41, 5.74) is 4.50. The molecule has 17 heteroatoms. The molecule has 0 saturated carbocycles. The number of nitrogens with two attached hydrogens (primary N) is 2. The molecule has 0 radical (unpaired) electrons. The molecule has 0 heterocycles. The topological polar surface area (TPSA) is 195 Å². The molecule has 4 N–H and O–H groups in total. The van der Waals surface area contributed by atoms with Crippen LogP contribution in [0.4, 0.5) is 0 Å². The molecule has 8 nitrogen and oxygen atoms in total. The van der Waals surface area contributed by atoms with Gasteiger partial charge in [0, 0.05) is 52.0 Å². The zero-order valence-electron chi connectivity index (χ0n) is 39.4. The molecule has 0 rings (SSSR count). The predicted molar refractivity (Wildman–Crippen MR) is 252 cm³/mol. The minimum atomic E-state index is -1.10. The van der Waals surface area contributed by atoms with E-state index in [4.69, 9.17) is 66.4 Å². The van der Waals surface area contributed by atoms with Crippen molar-refractivity contribution in [2.45, 2.75) is 214 Å². The zero-order chi connectivity index (χ0) is 43.9. The normalized spacial score (nSPS) is 7.34. The van der Waals surface area contributed by atoms with E-state index in [0.717, 1.165) is 0 Å². The van der Waals surface area contributed by atoms with Crippen molar-refractivity contribution < 1.29 is 120 Å². The summed E-state index contributed by atoms with van der Waals surface area (Å²) >= 11 is 16.9. The van der Waals surface area contributed by atoms with Crippen molar-refractivity contribution in [2.24, 2.45) is 10.5 Å². The summed E-state index contributed by atoms with van der Waals surface area (Å²) in [7, 11) is 1.50. The quantitative estimate of drug-likeness (QED) is 0.0481. The Morgan fingerprint density at radius 2 is 0.466 bits per heavy atom. The summed E-state index contributed by atoms with van der Waals surface area (Å²) < 4.78 is 3.56. The SMILES string of the molecule is CCCCCCCC.CCCCCCCC.CCCCCCCC.CCCCCCCC.CN.ClC(Cl)Cl.N#CB(C#N)C#N.N#CB(C#N)C#N.NBr.[Br-].[CH3-].[K+].[K+]. The van der Waals surface area contributed by atoms with Crippen molar-refractivity contribution in [1.82, 2.24) is 0 Å². The van der Waals surface area contributed by atoms with Gasteiger partial charge in [-0.2, -0.15) is 0 Å². The monoisotopic (exact) mass is 1050 g/mol. The van der Waals surface area contributed by atoms with Crippen LogP contribution in [0.5, 0.6) is 0 Å². The van der Waals surface area contributed by atoms with Crippen LogP contribution < -0.4 is 130 Å². The summed E-state index contributed by atoms with van der Waals surface area (Å²) in [5.74, 6) is 8.88. The van der Waals surface area contributed by atoms with E-state index in [-0.39, 0.29) is 127 Å². The van der Waals surface area contributed by atoms with E-state index in [0.29, 0.717) is 0 Å². The summed E-state index contributed by atoms with van der Waals surface area (Å²) in [6.45, 7) is 15.9. The molecule has 0 aromatic heterocycles. The van der Waals surface area contributed by atoms with Gasteiger partial charge in [0.2, 0.25) is 0 Å². The zero-order valence-corrected chi connectivity index (χ0v) is 51.1. The van der Waals surface area contributed by atoms with Crippen LogP contribution in [0.2, 0.25) is 0 Å². The second-order valence-corrected chi connectivity index (χ2v) is 13.5. The molecule has 0 spiro atoms. The van der Waals surface area contributed by atoms with Crippen LogP contribution in [0.25, 0.3) is 0 Å². The maximum absolute atomic E-state index is 7.83. The molecule has 0 aliphatic heterocycles. The summed E-state index contributed by atoms with van der Waals surface area (Å²) in [4.78, 5) is 0. The largest absolute Gasteiger partial charge is 1.00 e. The fourth-order valence-corrected chi connectivity index (χ4v) is 3.59. The molecule has 0 aliphatic carbocycles. The Morgan fingerprint density at radius 1 is 0.379 bits per heavy atom. The van der Waals surface area contributed by atoms with Gasteiger partial charge in [0.05, 0.1) is 0 Å². The van der Waals surface area contributed by atoms with E-state index < -0.39 is 17.7 Å². The van der Waals surface area contributed by atoms with Crippen LogP contribution in [0, 0.1) is 74.8 Å². The van der Waals surface area contributed by atoms with Gasteiger partial charge in [-0.3, -0.25) is 4.76 Å². The van der Waals surface area contributed by atoms with E-state index in [9.17, 15) is 0 Å². The van der Waals surface area contributed by atoms with Crippen molar-refractivity contribution >= 4 is 64.4 Å². The van der Waals surface area contributed by atoms with Gasteiger partial charge in [-0.1, -0.05) is 244 Å². The number of unbranched alkanes of at least 4 members (excludes halogenated alkanes) is 20. The van der Waals surface area contributed by atoms with Gasteiger partial charge < -0.3 is 30.1 Å². The molecule has 0 atom stereocenters. The third-order valence-electron chi connectivity index (χ3n) is 6.60. The van der Waals surface area contributed by atoms with E-state index in [1.165, 1.54) is 197 Å². The minimum absolute atomic E-state index is 0. The number of hydrogen-bond donors (Lipinski definition) is 2. The molecule has 0 saturated heterocycles. The molecular weight excluding hydrogens is 970 g/mol. The average molecular weight is 1050 g/mol. The molecule has 330 valence electrons. The Kier molecular flexibility index (Phi) is 193. The molecule has 0 aromatic carbocycles. The first kappa shape index (κ1) is 94.6. The summed E-state index contributed by atoms with van der Waals surface area (Å²) in [5, 5.41) is 47.0. The molecular formula is C41H83B2Br2Cl3K2N8. The molecule has 0 fully saturated rings. The number of nitriles is 6. The van der Waals surface area contributed by atoms with Crippen molar-refractivity contribution in [2.75, 3.05) is 7.05 Å². The van der Waals surface area contributed by atoms with E-state index >= 15 is 0 Å². The third kappa shape index (κ3) is 163. The molecule has 58 heavy (non-hydrogen) atoms. The molecule has 0 amide bonds. The summed E-state index contributed by atoms with van der Waals surface area (Å²) in [6.07, 6.45) is 34.0. The van der Waals surface area contributed by atoms with Gasteiger partial charge >= 0.3 is 116 Å². The van der Waals surface area contributed by atoms with Crippen molar-refractivity contribution in [3.63, 3.8) is 0 Å². The Hall–Kier alpha value is 2.09. The number of halogens is 5. The predicted octanol–water partition coefficient (Wildman–Crippen LogP) is 6.08. The Labute approximate surface area is 482 Å². The smallest absolute Gasteiger partial charge is 1.00 e. The Balaban J connectivity index is -0.0000000363. The first-order chi connectivity index (χ1) is 26.1. The average Bonchev–Trinajstić information content (AvgIpc) is 3.20. The standard InChI is InChI=1S/4C8H18.2C3BN3.CHCl3.CH5N.CH3.BrH2N.BrH.2K/c4*1-3-5-7-8-6-4-2;2*5-1-4(2-6)3-7;2-1(3)4;1-2;;1-2;;;/h4*3-8H2,1-2H3;;;1H;2H2,1H3;1H3;2H2;1H;;/q;;;;;;;;-1;;;2*+1/p-1. The van der Waals surface area contributed by atoms with Crippen LogP contribution in [0.15, 0.2) is 0 Å². The van der Waals surface area contributed by atoms with E-state index in [1.54, 1.807) is 0 Å². The maximum Gasteiger partial charge on any atom is 1.00 e. The van der Waals surface area contributed by atoms with Crippen molar-refractivity contribution in [3.8, 4) is 35.8 Å².